The molecule has 2 aromatic rings. The van der Waals surface area contributed by atoms with Gasteiger partial charge in [-0.15, -0.1) is 0 Å². The largest absolute Gasteiger partial charge is 0.383 e. The number of imide groups is 4. The molecule has 2 saturated heterocycles. The van der Waals surface area contributed by atoms with Crippen molar-refractivity contribution in [1.29, 1.82) is 0 Å². The lowest BCUT2D eigenvalue weighted by Crippen LogP contribution is -2.54. The second kappa shape index (κ2) is 14.8. The Balaban J connectivity index is 0.000000193. The van der Waals surface area contributed by atoms with E-state index in [2.05, 4.69) is 22.9 Å². The third kappa shape index (κ3) is 6.92. The fraction of sp³-hybridized carbons (Fsp3) is 0.355. The van der Waals surface area contributed by atoms with Crippen LogP contribution in [0, 0.1) is 5.82 Å². The van der Waals surface area contributed by atoms with Crippen LogP contribution in [-0.4, -0.2) is 88.8 Å². The minimum absolute atomic E-state index is 0.0340. The van der Waals surface area contributed by atoms with Gasteiger partial charge in [-0.25, -0.2) is 4.39 Å². The maximum atomic E-state index is 13.7. The van der Waals surface area contributed by atoms with Crippen LogP contribution < -0.4 is 27.4 Å². The number of carbonyl (C=O) groups is 8. The summed E-state index contributed by atoms with van der Waals surface area (Å²) in [6.45, 7) is 3.71. The molecule has 2 atom stereocenters. The van der Waals surface area contributed by atoms with Crippen LogP contribution in [0.4, 0.5) is 10.1 Å². The number of fused-ring (bicyclic) bond motifs is 2. The fourth-order valence-corrected chi connectivity index (χ4v) is 5.34. The van der Waals surface area contributed by atoms with Crippen molar-refractivity contribution in [1.82, 2.24) is 20.4 Å². The molecule has 6 rings (SSSR count). The molecule has 7 N–H and O–H groups in total. The first-order valence-corrected chi connectivity index (χ1v) is 14.9. The number of halogens is 1. The van der Waals surface area contributed by atoms with Crippen molar-refractivity contribution in [2.24, 2.45) is 11.5 Å². The Labute approximate surface area is 268 Å². The van der Waals surface area contributed by atoms with Gasteiger partial charge in [-0.3, -0.25) is 58.8 Å². The first-order chi connectivity index (χ1) is 22.5. The molecule has 16 heteroatoms. The highest BCUT2D eigenvalue weighted by atomic mass is 19.1. The highest BCUT2D eigenvalue weighted by Crippen LogP contribution is 2.32. The van der Waals surface area contributed by atoms with Crippen molar-refractivity contribution in [3.63, 3.8) is 0 Å². The van der Waals surface area contributed by atoms with E-state index in [9.17, 15) is 42.7 Å². The third-order valence-corrected chi connectivity index (χ3v) is 7.63. The molecule has 0 aromatic heterocycles. The molecule has 0 radical (unpaired) electrons. The Morgan fingerprint density at radius 1 is 0.723 bits per heavy atom. The molecule has 47 heavy (non-hydrogen) atoms. The molecule has 0 aliphatic carbocycles. The molecule has 0 bridgehead atoms. The van der Waals surface area contributed by atoms with Crippen molar-refractivity contribution in [3.05, 3.63) is 64.5 Å². The number of anilines is 1. The molecular formula is C31H34FN7O8. The number of hydrogen-bond donors (Lipinski definition) is 5. The van der Waals surface area contributed by atoms with E-state index in [4.69, 9.17) is 11.5 Å². The van der Waals surface area contributed by atoms with Gasteiger partial charge in [0, 0.05) is 31.6 Å². The highest BCUT2D eigenvalue weighted by Gasteiger charge is 2.47. The Kier molecular flexibility index (Phi) is 10.9. The van der Waals surface area contributed by atoms with Gasteiger partial charge in [-0.2, -0.15) is 0 Å². The van der Waals surface area contributed by atoms with Crippen LogP contribution in [0.3, 0.4) is 0 Å². The number of nitrogens with two attached hydrogens (primary N) is 2. The van der Waals surface area contributed by atoms with Crippen LogP contribution in [0.25, 0.3) is 0 Å². The van der Waals surface area contributed by atoms with E-state index in [0.29, 0.717) is 18.8 Å². The summed E-state index contributed by atoms with van der Waals surface area (Å²) >= 11 is 0. The predicted molar refractivity (Wildman–Crippen MR) is 163 cm³/mol. The van der Waals surface area contributed by atoms with Crippen LogP contribution in [0.15, 0.2) is 36.4 Å². The number of hydrogen-bond acceptors (Lipinski definition) is 11. The standard InChI is InChI=1S/C15H16N4O4.C13H9FN2O4.C3H9N/c16-6-7-17-9-3-1-2-8-12(9)15(23)19(14(8)22)10-4-5-11(20)18-13(10)21;14-7-3-1-2-6-10(7)13(20)16(12(6)19)8-4-5-9(17)15-11(8)18;1-2-3-4/h1-3,10,17H,4-7,16H2,(H,18,20,21);1-3,8H,4-5H2,(H,15,17,18);2-4H2,1H3. The molecule has 4 aliphatic heterocycles. The van der Waals surface area contributed by atoms with Crippen molar-refractivity contribution >= 4 is 52.9 Å². The number of nitrogens with one attached hydrogen (secondary N) is 3. The van der Waals surface area contributed by atoms with Crippen molar-refractivity contribution < 1.29 is 42.7 Å². The molecule has 4 aliphatic rings. The van der Waals surface area contributed by atoms with Gasteiger partial charge in [-0.05, 0) is 50.1 Å². The quantitative estimate of drug-likeness (QED) is 0.262. The molecule has 2 fully saturated rings. The van der Waals surface area contributed by atoms with Crippen LogP contribution in [0.5, 0.6) is 0 Å². The molecule has 2 aromatic carbocycles. The summed E-state index contributed by atoms with van der Waals surface area (Å²) in [5.74, 6) is -5.56. The van der Waals surface area contributed by atoms with Crippen LogP contribution in [-0.2, 0) is 19.2 Å². The molecule has 8 amide bonds. The number of nitrogens with zero attached hydrogens (tertiary/aromatic N) is 2. The third-order valence-electron chi connectivity index (χ3n) is 7.63. The lowest BCUT2D eigenvalue weighted by Gasteiger charge is -2.27. The zero-order valence-electron chi connectivity index (χ0n) is 25.5. The Morgan fingerprint density at radius 2 is 1.19 bits per heavy atom. The fourth-order valence-electron chi connectivity index (χ4n) is 5.34. The number of benzene rings is 2. The van der Waals surface area contributed by atoms with Crippen molar-refractivity contribution in [2.45, 2.75) is 51.1 Å². The molecule has 0 saturated carbocycles. The second-order valence-corrected chi connectivity index (χ2v) is 10.8. The van der Waals surface area contributed by atoms with E-state index in [1.807, 2.05) is 0 Å². The summed E-state index contributed by atoms with van der Waals surface area (Å²) in [6, 6.07) is 6.62. The minimum Gasteiger partial charge on any atom is -0.383 e. The van der Waals surface area contributed by atoms with Gasteiger partial charge in [0.05, 0.1) is 22.3 Å². The SMILES string of the molecule is CCCN.NCCNc1cccc2c1C(=O)N(C1CCC(=O)NC1=O)C2=O.O=C1CCC(N2C(=O)c3cccc(F)c3C2=O)C(=O)N1. The summed E-state index contributed by atoms with van der Waals surface area (Å²) in [7, 11) is 0. The van der Waals surface area contributed by atoms with E-state index in [0.717, 1.165) is 28.8 Å². The first kappa shape index (κ1) is 34.5. The number of amides is 8. The lowest BCUT2D eigenvalue weighted by atomic mass is 10.0. The Bertz CT molecular complexity index is 1660. The average Bonchev–Trinajstić information content (AvgIpc) is 3.45. The van der Waals surface area contributed by atoms with E-state index in [1.165, 1.54) is 12.1 Å². The van der Waals surface area contributed by atoms with Crippen LogP contribution in [0.1, 0.15) is 80.5 Å². The van der Waals surface area contributed by atoms with E-state index >= 15 is 0 Å². The Hall–Kier alpha value is -5.35. The summed E-state index contributed by atoms with van der Waals surface area (Å²) in [6.07, 6.45) is 1.42. The minimum atomic E-state index is -1.07. The number of piperidine rings is 2. The van der Waals surface area contributed by atoms with Gasteiger partial charge in [-0.1, -0.05) is 19.1 Å². The van der Waals surface area contributed by atoms with Gasteiger partial charge in [0.15, 0.2) is 0 Å². The maximum Gasteiger partial charge on any atom is 0.265 e. The summed E-state index contributed by atoms with van der Waals surface area (Å²) < 4.78 is 13.7. The summed E-state index contributed by atoms with van der Waals surface area (Å²) in [5.41, 5.74) is 11.1. The second-order valence-electron chi connectivity index (χ2n) is 10.8. The van der Waals surface area contributed by atoms with E-state index in [1.54, 1.807) is 18.2 Å². The van der Waals surface area contributed by atoms with Gasteiger partial charge < -0.3 is 16.8 Å². The normalized spacial score (nSPS) is 20.1. The summed E-state index contributed by atoms with van der Waals surface area (Å²) in [4.78, 5) is 97.3. The number of rotatable bonds is 6. The van der Waals surface area contributed by atoms with E-state index in [-0.39, 0.29) is 47.9 Å². The zero-order valence-corrected chi connectivity index (χ0v) is 25.5. The van der Waals surface area contributed by atoms with Gasteiger partial charge in [0.1, 0.15) is 17.9 Å². The van der Waals surface area contributed by atoms with Crippen LogP contribution in [0.2, 0.25) is 0 Å². The zero-order chi connectivity index (χ0) is 34.4. The van der Waals surface area contributed by atoms with Gasteiger partial charge in [0.25, 0.3) is 23.6 Å². The molecule has 15 nitrogen and oxygen atoms in total. The first-order valence-electron chi connectivity index (χ1n) is 14.9. The van der Waals surface area contributed by atoms with Crippen molar-refractivity contribution in [3.8, 4) is 0 Å². The predicted octanol–water partition coefficient (Wildman–Crippen LogP) is 0.0404. The van der Waals surface area contributed by atoms with Crippen molar-refractivity contribution in [2.75, 3.05) is 25.0 Å². The topological polar surface area (TPSA) is 231 Å². The molecule has 4 heterocycles. The van der Waals surface area contributed by atoms with Gasteiger partial charge in [0.2, 0.25) is 23.6 Å². The van der Waals surface area contributed by atoms with Crippen LogP contribution >= 0.6 is 0 Å². The summed E-state index contributed by atoms with van der Waals surface area (Å²) in [5, 5.41) is 7.25. The monoisotopic (exact) mass is 651 g/mol. The highest BCUT2D eigenvalue weighted by molar-refractivity contribution is 6.26. The molecule has 2 unspecified atom stereocenters. The molecule has 0 spiro atoms. The Morgan fingerprint density at radius 3 is 1.64 bits per heavy atom. The smallest absolute Gasteiger partial charge is 0.265 e. The van der Waals surface area contributed by atoms with Gasteiger partial charge >= 0.3 is 0 Å². The van der Waals surface area contributed by atoms with E-state index < -0.39 is 65.2 Å². The molecular weight excluding hydrogens is 617 g/mol. The number of carbonyl (C=O) groups excluding carboxylic acids is 8. The molecule has 248 valence electrons. The average molecular weight is 652 g/mol. The maximum absolute atomic E-state index is 13.7. The lowest BCUT2D eigenvalue weighted by molar-refractivity contribution is -0.137.